The monoisotopic (exact) mass is 1960 g/mol. The van der Waals surface area contributed by atoms with E-state index in [2.05, 4.69) is 84.6 Å². The quantitative estimate of drug-likeness (QED) is 0.0147. The fraction of sp³-hybridized carbons (Fsp3) is 0.404. The zero-order valence-corrected chi connectivity index (χ0v) is 76.5. The van der Waals surface area contributed by atoms with Gasteiger partial charge in [-0.1, -0.05) is 97.1 Å². The number of benzene rings is 5. The molecule has 12 amide bonds. The van der Waals surface area contributed by atoms with Crippen LogP contribution < -0.4 is 86.3 Å². The number of Topliss-reactive ketones (excluding diaryl/α,β-unsaturated/α-hetero) is 1. The number of aliphatic carboxylic acids is 9. The number of anilines is 2. The highest BCUT2D eigenvalue weighted by atomic mass is 16.4. The average Bonchev–Trinajstić information content (AvgIpc) is 0.828. The number of nitrogens with zero attached hydrogens (tertiary/aromatic N) is 2. The van der Waals surface area contributed by atoms with Crippen molar-refractivity contribution < 1.29 is 142 Å². The number of amides is 12. The Bertz CT molecular complexity index is 5570. The van der Waals surface area contributed by atoms with Crippen molar-refractivity contribution in [2.75, 3.05) is 30.5 Å². The van der Waals surface area contributed by atoms with Crippen LogP contribution in [0, 0.1) is 17.8 Å². The van der Waals surface area contributed by atoms with E-state index in [1.807, 2.05) is 84.9 Å². The minimum absolute atomic E-state index is 0.0398. The van der Waals surface area contributed by atoms with Crippen molar-refractivity contribution in [2.45, 2.75) is 203 Å². The van der Waals surface area contributed by atoms with Gasteiger partial charge in [-0.05, 0) is 177 Å². The Kier molecular flexibility index (Phi) is 45.6. The Morgan fingerprint density at radius 2 is 0.695 bits per heavy atom. The molecule has 9 atom stereocenters. The molecule has 756 valence electrons. The number of pyridine rings is 2. The zero-order chi connectivity index (χ0) is 103. The van der Waals surface area contributed by atoms with Crippen LogP contribution in [0.1, 0.15) is 183 Å². The molecule has 47 nitrogen and oxygen atoms in total. The van der Waals surface area contributed by atoms with Gasteiger partial charge in [-0.15, -0.1) is 0 Å². The molecule has 1 aliphatic carbocycles. The Morgan fingerprint density at radius 1 is 0.333 bits per heavy atom. The number of carboxylic acid groups (broad SMARTS) is 9. The van der Waals surface area contributed by atoms with Crippen LogP contribution >= 0.6 is 0 Å². The molecule has 8 rings (SSSR count). The van der Waals surface area contributed by atoms with Gasteiger partial charge in [0.15, 0.2) is 5.78 Å². The van der Waals surface area contributed by atoms with Crippen LogP contribution in [0.3, 0.4) is 0 Å². The van der Waals surface area contributed by atoms with E-state index in [0.717, 1.165) is 32.7 Å². The number of hydrogen-bond acceptors (Lipinski definition) is 26. The highest BCUT2D eigenvalue weighted by Crippen LogP contribution is 2.30. The number of carbonyl (C=O) groups excluding carboxylic acids is 11. The fourth-order valence-electron chi connectivity index (χ4n) is 15.0. The van der Waals surface area contributed by atoms with E-state index in [-0.39, 0.29) is 131 Å². The third kappa shape index (κ3) is 39.7. The second-order valence-electron chi connectivity index (χ2n) is 33.3. The molecule has 5 aromatic carbocycles. The Balaban J connectivity index is 0.000000386. The Labute approximate surface area is 805 Å². The largest absolute Gasteiger partial charge is 0.481 e. The number of urea groups is 2. The van der Waals surface area contributed by atoms with E-state index >= 15 is 0 Å². The van der Waals surface area contributed by atoms with Crippen LogP contribution in [0.25, 0.3) is 21.5 Å². The van der Waals surface area contributed by atoms with Crippen molar-refractivity contribution in [3.8, 4) is 0 Å². The zero-order valence-electron chi connectivity index (χ0n) is 76.5. The molecular weight excluding hydrogens is 1850 g/mol. The minimum Gasteiger partial charge on any atom is -0.481 e. The lowest BCUT2D eigenvalue weighted by Gasteiger charge is -2.30. The number of rotatable bonds is 58. The second kappa shape index (κ2) is 57.6. The van der Waals surface area contributed by atoms with E-state index in [1.54, 1.807) is 12.1 Å². The third-order valence-electron chi connectivity index (χ3n) is 22.9. The maximum Gasteiger partial charge on any atom is 0.326 e. The van der Waals surface area contributed by atoms with Crippen LogP contribution in [0.4, 0.5) is 21.2 Å². The number of aromatic nitrogens is 2. The summed E-state index contributed by atoms with van der Waals surface area (Å²) in [6.45, 7) is 0.245. The second-order valence-corrected chi connectivity index (χ2v) is 33.3. The lowest BCUT2D eigenvalue weighted by atomic mass is 9.81. The standard InChI is InChI=1S/C50H65N9O16.C44H51N9O13/c51-59-40-18-14-34(27-53-40)46(69)55-35(16-20-42(63)64)39(60)25-33(15-19-41(61)62)44(67)54-26-28-8-12-31(13-9-28)45(68)56-38(24-29-10-11-30-5-1-2-6-32(30)23-29)47(70)52-22-4-3-7-36(48(71)72)57-50(75)58-37(49(73)74)17-21-43(65)66;45-53-35-17-14-30(24-47-35)39(59)49-31(15-18-36(54)55)40(60)48-23-25-8-12-28(13-9-25)38(58)50-34(22-26-10-11-27-5-1-2-6-29(27)21-26)41(61)46-20-4-3-7-32(42(62)63)51-44(66)52-33(43(64)65)16-19-37(56)57/h1-2,5-6,10-11,14,18,23,27-28,31,33,35-38H,3-4,7-9,12-13,15-17,19-22,24-26,51H2,(H,52,70)(H,53,59)(H,54,67)(H,55,69)(H,56,68)(H,61,62)(H,63,64)(H,65,66)(H,71,72)(H,73,74)(H2,57,58,75);1-2,5-6,8-14,17,21,24,31-34H,3-4,7,15-16,18-20,22-23,45H2,(H,46,61)(H,47,53)(H,48,60)(H,49,59)(H,50,58)(H,54,55)(H,56,57)(H,62,63)(H,64,65)(H2,51,52,66). The smallest absolute Gasteiger partial charge is 0.326 e. The van der Waals surface area contributed by atoms with Gasteiger partial charge in [0.05, 0.1) is 17.2 Å². The maximum atomic E-state index is 13.8. The van der Waals surface area contributed by atoms with E-state index < -0.39 is 224 Å². The number of fused-ring (bicyclic) bond motifs is 2. The van der Waals surface area contributed by atoms with Gasteiger partial charge >= 0.3 is 65.8 Å². The summed E-state index contributed by atoms with van der Waals surface area (Å²) < 4.78 is 0. The first-order valence-corrected chi connectivity index (χ1v) is 45.2. The highest BCUT2D eigenvalue weighted by molar-refractivity contribution is 6.01. The summed E-state index contributed by atoms with van der Waals surface area (Å²) in [5, 5.41) is 118. The summed E-state index contributed by atoms with van der Waals surface area (Å²) in [6, 6.07) is 25.5. The van der Waals surface area contributed by atoms with Gasteiger partial charge in [-0.2, -0.15) is 0 Å². The number of hydrazine groups is 2. The predicted molar refractivity (Wildman–Crippen MR) is 502 cm³/mol. The van der Waals surface area contributed by atoms with Gasteiger partial charge in [0, 0.05) is 107 Å². The summed E-state index contributed by atoms with van der Waals surface area (Å²) in [5.74, 6) is -7.75. The predicted octanol–water partition coefficient (Wildman–Crippen LogP) is 3.43. The molecule has 1 saturated carbocycles. The van der Waals surface area contributed by atoms with Gasteiger partial charge in [-0.25, -0.2) is 50.4 Å². The van der Waals surface area contributed by atoms with Crippen molar-refractivity contribution >= 4 is 152 Å². The Morgan fingerprint density at radius 3 is 1.11 bits per heavy atom. The summed E-state index contributed by atoms with van der Waals surface area (Å²) >= 11 is 0. The fourth-order valence-corrected chi connectivity index (χ4v) is 15.0. The Hall–Kier alpha value is -16.4. The molecule has 0 radical (unpaired) electrons. The number of unbranched alkanes of at least 4 members (excludes halogenated alkanes) is 2. The van der Waals surface area contributed by atoms with Crippen molar-refractivity contribution in [1.82, 2.24) is 73.8 Å². The summed E-state index contributed by atoms with van der Waals surface area (Å²) in [4.78, 5) is 256. The number of nitrogens with one attached hydrogen (secondary N) is 14. The number of nitrogen functional groups attached to an aromatic ring is 2. The number of hydrogen-bond donors (Lipinski definition) is 25. The van der Waals surface area contributed by atoms with E-state index in [4.69, 9.17) is 21.9 Å². The van der Waals surface area contributed by atoms with Crippen LogP contribution in [-0.2, 0) is 91.3 Å². The molecule has 7 aromatic rings. The van der Waals surface area contributed by atoms with Gasteiger partial charge in [0.2, 0.25) is 29.5 Å². The number of ketones is 1. The normalized spacial score (nSPS) is 14.4. The lowest BCUT2D eigenvalue weighted by Crippen LogP contribution is -2.51. The highest BCUT2D eigenvalue weighted by Gasteiger charge is 2.35. The van der Waals surface area contributed by atoms with Crippen molar-refractivity contribution in [1.29, 1.82) is 0 Å². The van der Waals surface area contributed by atoms with Gasteiger partial charge in [0.25, 0.3) is 17.7 Å². The maximum absolute atomic E-state index is 13.8. The number of carboxylic acids is 9. The molecule has 47 heteroatoms. The molecule has 2 aromatic heterocycles. The molecule has 0 bridgehead atoms. The van der Waals surface area contributed by atoms with Crippen molar-refractivity contribution in [2.24, 2.45) is 29.4 Å². The molecule has 0 aliphatic heterocycles. The molecule has 2 heterocycles. The first kappa shape index (κ1) is 112. The number of carbonyl (C=O) groups is 20. The molecule has 27 N–H and O–H groups in total. The minimum atomic E-state index is -1.57. The van der Waals surface area contributed by atoms with Crippen LogP contribution in [0.15, 0.2) is 146 Å². The molecule has 141 heavy (non-hydrogen) atoms. The summed E-state index contributed by atoms with van der Waals surface area (Å²) in [7, 11) is 0. The SMILES string of the molecule is NNc1ccc(C(=O)NC(CCC(=O)O)C(=O)CC(CCC(=O)O)C(=O)NCC2CCC(C(=O)NC(Cc3ccc4ccccc4c3)C(=O)NCCCCC(NC(=O)NC(CCC(=O)O)C(=O)O)C(=O)O)CC2)cn1.NNc1ccc(C(=O)NC(CCC(=O)O)C(=O)NCc2ccc(C(=O)NC(Cc3ccc4ccccc4c3)C(=O)NCCCCC(NC(=O)NC(CCC(=O)O)C(=O)O)C(=O)O)cc2)cn1. The van der Waals surface area contributed by atoms with Crippen LogP contribution in [0.2, 0.25) is 0 Å². The summed E-state index contributed by atoms with van der Waals surface area (Å²) in [6.07, 6.45) is 0.741. The topological polar surface area (TPSA) is 770 Å². The van der Waals surface area contributed by atoms with E-state index in [9.17, 15) is 132 Å². The molecular formula is C94H116N18O29. The molecule has 0 spiro atoms. The van der Waals surface area contributed by atoms with Crippen molar-refractivity contribution in [3.05, 3.63) is 179 Å². The molecule has 1 fully saturated rings. The van der Waals surface area contributed by atoms with E-state index in [1.165, 1.54) is 48.8 Å². The average molecular weight is 1960 g/mol. The van der Waals surface area contributed by atoms with Gasteiger partial charge in [-0.3, -0.25) is 67.1 Å². The first-order valence-electron chi connectivity index (χ1n) is 45.2. The van der Waals surface area contributed by atoms with Crippen LogP contribution in [-0.4, -0.2) is 243 Å². The van der Waals surface area contributed by atoms with Crippen molar-refractivity contribution in [3.63, 3.8) is 0 Å². The molecule has 1 aliphatic rings. The van der Waals surface area contributed by atoms with Crippen LogP contribution in [0.5, 0.6) is 0 Å². The van der Waals surface area contributed by atoms with E-state index in [0.29, 0.717) is 37.1 Å². The lowest BCUT2D eigenvalue weighted by molar-refractivity contribution is -0.142. The number of nitrogens with two attached hydrogens (primary N) is 2. The first-order chi connectivity index (χ1) is 67.2. The third-order valence-corrected chi connectivity index (χ3v) is 22.9. The molecule has 0 saturated heterocycles. The van der Waals surface area contributed by atoms with Gasteiger partial charge < -0.3 is 121 Å². The summed E-state index contributed by atoms with van der Waals surface area (Å²) in [5.41, 5.74) is 7.06. The molecule has 9 unspecified atom stereocenters. The van der Waals surface area contributed by atoms with Gasteiger partial charge in [0.1, 0.15) is 53.9 Å².